The van der Waals surface area contributed by atoms with E-state index >= 15 is 0 Å². The van der Waals surface area contributed by atoms with E-state index < -0.39 is 0 Å². The number of hydrogen-bond acceptors (Lipinski definition) is 7. The SMILES string of the molecule is O=C(NC1CC(=O)N(c2ccc(Oc3ccccc3)cc2)C1)C1CCN(c2ccc3nncn3n2)CC1. The molecule has 2 aliphatic heterocycles. The monoisotopic (exact) mass is 497 g/mol. The number of hydrogen-bond donors (Lipinski definition) is 1. The molecule has 2 amide bonds. The van der Waals surface area contributed by atoms with Crippen LogP contribution in [0.3, 0.4) is 0 Å². The fraction of sp³-hybridized carbons (Fsp3) is 0.296. The number of nitrogens with zero attached hydrogens (tertiary/aromatic N) is 6. The number of para-hydroxylation sites is 1. The Hall–Kier alpha value is -4.47. The van der Waals surface area contributed by atoms with E-state index in [-0.39, 0.29) is 23.8 Å². The maximum atomic E-state index is 13.0. The predicted molar refractivity (Wildman–Crippen MR) is 138 cm³/mol. The van der Waals surface area contributed by atoms with Crippen LogP contribution in [0.2, 0.25) is 0 Å². The lowest BCUT2D eigenvalue weighted by Crippen LogP contribution is -2.45. The maximum Gasteiger partial charge on any atom is 0.229 e. The van der Waals surface area contributed by atoms with Gasteiger partial charge in [-0.15, -0.1) is 15.3 Å². The van der Waals surface area contributed by atoms with Crippen LogP contribution in [0, 0.1) is 5.92 Å². The second kappa shape index (κ2) is 9.88. The summed E-state index contributed by atoms with van der Waals surface area (Å²) in [5.41, 5.74) is 1.50. The lowest BCUT2D eigenvalue weighted by atomic mass is 9.95. The molecule has 1 unspecified atom stereocenters. The number of rotatable bonds is 6. The van der Waals surface area contributed by atoms with E-state index in [0.29, 0.717) is 24.4 Å². The Morgan fingerprint density at radius 2 is 1.70 bits per heavy atom. The van der Waals surface area contributed by atoms with Crippen LogP contribution in [0.1, 0.15) is 19.3 Å². The van der Waals surface area contributed by atoms with Crippen LogP contribution in [-0.2, 0) is 9.59 Å². The standard InChI is InChI=1S/C27H27N7O3/c35-26-16-20(17-33(26)21-6-8-23(9-7-21)37-22-4-2-1-3-5-22)29-27(36)19-12-14-32(15-13-19)25-11-10-24-30-28-18-34(24)31-25/h1-11,18-20H,12-17H2,(H,29,36). The average Bonchev–Trinajstić information content (AvgIpc) is 3.55. The van der Waals surface area contributed by atoms with Crippen LogP contribution >= 0.6 is 0 Å². The first-order valence-electron chi connectivity index (χ1n) is 12.5. The van der Waals surface area contributed by atoms with Gasteiger partial charge in [0.1, 0.15) is 23.6 Å². The molecule has 0 bridgehead atoms. The first-order valence-corrected chi connectivity index (χ1v) is 12.5. The zero-order valence-corrected chi connectivity index (χ0v) is 20.2. The van der Waals surface area contributed by atoms with Gasteiger partial charge in [0, 0.05) is 37.7 Å². The molecule has 2 saturated heterocycles. The van der Waals surface area contributed by atoms with Crippen molar-refractivity contribution in [3.05, 3.63) is 73.1 Å². The highest BCUT2D eigenvalue weighted by Gasteiger charge is 2.34. The van der Waals surface area contributed by atoms with E-state index in [0.717, 1.165) is 43.2 Å². The Bertz CT molecular complexity index is 1400. The van der Waals surface area contributed by atoms with Gasteiger partial charge in [-0.05, 0) is 61.4 Å². The molecule has 4 heterocycles. The van der Waals surface area contributed by atoms with Gasteiger partial charge in [0.2, 0.25) is 11.8 Å². The van der Waals surface area contributed by atoms with Crippen molar-refractivity contribution in [3.63, 3.8) is 0 Å². The lowest BCUT2D eigenvalue weighted by Gasteiger charge is -2.32. The van der Waals surface area contributed by atoms with Crippen molar-refractivity contribution in [2.45, 2.75) is 25.3 Å². The summed E-state index contributed by atoms with van der Waals surface area (Å²) in [6.45, 7) is 1.95. The smallest absolute Gasteiger partial charge is 0.229 e. The van der Waals surface area contributed by atoms with Gasteiger partial charge in [-0.3, -0.25) is 9.59 Å². The first kappa shape index (κ1) is 23.0. The molecule has 10 heteroatoms. The summed E-state index contributed by atoms with van der Waals surface area (Å²) >= 11 is 0. The molecule has 0 aliphatic carbocycles. The van der Waals surface area contributed by atoms with Crippen LogP contribution < -0.4 is 19.9 Å². The minimum atomic E-state index is -0.198. The van der Waals surface area contributed by atoms with Crippen molar-refractivity contribution in [2.75, 3.05) is 29.4 Å². The Labute approximate surface area is 213 Å². The molecule has 4 aromatic rings. The molecule has 0 radical (unpaired) electrons. The van der Waals surface area contributed by atoms with E-state index in [1.807, 2.05) is 66.7 Å². The van der Waals surface area contributed by atoms with Crippen molar-refractivity contribution in [1.82, 2.24) is 25.1 Å². The van der Waals surface area contributed by atoms with E-state index in [4.69, 9.17) is 4.74 Å². The molecule has 2 fully saturated rings. The van der Waals surface area contributed by atoms with Gasteiger partial charge in [0.25, 0.3) is 0 Å². The Kier molecular flexibility index (Phi) is 6.13. The predicted octanol–water partition coefficient (Wildman–Crippen LogP) is 3.05. The molecule has 0 saturated carbocycles. The number of benzene rings is 2. The number of fused-ring (bicyclic) bond motifs is 1. The molecular weight excluding hydrogens is 470 g/mol. The number of piperidine rings is 1. The summed E-state index contributed by atoms with van der Waals surface area (Å²) in [4.78, 5) is 29.6. The van der Waals surface area contributed by atoms with Gasteiger partial charge in [0.15, 0.2) is 5.65 Å². The quantitative estimate of drug-likeness (QED) is 0.437. The number of nitrogens with one attached hydrogen (secondary N) is 1. The van der Waals surface area contributed by atoms with E-state index in [1.54, 1.807) is 15.7 Å². The van der Waals surface area contributed by atoms with Gasteiger partial charge >= 0.3 is 0 Å². The van der Waals surface area contributed by atoms with Crippen LogP contribution in [0.25, 0.3) is 5.65 Å². The zero-order chi connectivity index (χ0) is 25.2. The normalized spacial score (nSPS) is 18.4. The third kappa shape index (κ3) is 4.95. The molecule has 2 aromatic carbocycles. The summed E-state index contributed by atoms with van der Waals surface area (Å²) in [6, 6.07) is 20.6. The van der Waals surface area contributed by atoms with Crippen molar-refractivity contribution in [3.8, 4) is 11.5 Å². The number of amides is 2. The van der Waals surface area contributed by atoms with Gasteiger partial charge in [0.05, 0.1) is 6.04 Å². The van der Waals surface area contributed by atoms with Crippen LogP contribution in [-0.4, -0.2) is 57.3 Å². The highest BCUT2D eigenvalue weighted by Crippen LogP contribution is 2.28. The number of ether oxygens (including phenoxy) is 1. The number of anilines is 2. The first-order chi connectivity index (χ1) is 18.1. The topological polar surface area (TPSA) is 105 Å². The molecule has 6 rings (SSSR count). The molecule has 2 aliphatic rings. The highest BCUT2D eigenvalue weighted by atomic mass is 16.5. The van der Waals surface area contributed by atoms with Crippen molar-refractivity contribution in [2.24, 2.45) is 5.92 Å². The molecule has 2 aromatic heterocycles. The number of carbonyl (C=O) groups excluding carboxylic acids is 2. The molecule has 0 spiro atoms. The van der Waals surface area contributed by atoms with Gasteiger partial charge in [-0.1, -0.05) is 18.2 Å². The maximum absolute atomic E-state index is 13.0. The Balaban J connectivity index is 1.01. The lowest BCUT2D eigenvalue weighted by molar-refractivity contribution is -0.126. The van der Waals surface area contributed by atoms with Crippen LogP contribution in [0.4, 0.5) is 11.5 Å². The fourth-order valence-electron chi connectivity index (χ4n) is 4.95. The number of aromatic nitrogens is 4. The third-order valence-corrected chi connectivity index (χ3v) is 6.94. The Morgan fingerprint density at radius 1 is 0.946 bits per heavy atom. The Morgan fingerprint density at radius 3 is 2.49 bits per heavy atom. The number of carbonyl (C=O) groups is 2. The van der Waals surface area contributed by atoms with Gasteiger partial charge in [-0.25, -0.2) is 0 Å². The summed E-state index contributed by atoms with van der Waals surface area (Å²) < 4.78 is 7.49. The molecule has 10 nitrogen and oxygen atoms in total. The summed E-state index contributed by atoms with van der Waals surface area (Å²) in [5.74, 6) is 2.26. The van der Waals surface area contributed by atoms with E-state index in [1.165, 1.54) is 0 Å². The molecule has 1 N–H and O–H groups in total. The van der Waals surface area contributed by atoms with Gasteiger partial charge < -0.3 is 19.9 Å². The van der Waals surface area contributed by atoms with Crippen molar-refractivity contribution in [1.29, 1.82) is 0 Å². The highest BCUT2D eigenvalue weighted by molar-refractivity contribution is 5.97. The van der Waals surface area contributed by atoms with Crippen molar-refractivity contribution >= 4 is 29.0 Å². The second-order valence-electron chi connectivity index (χ2n) is 9.41. The third-order valence-electron chi connectivity index (χ3n) is 6.94. The minimum Gasteiger partial charge on any atom is -0.457 e. The van der Waals surface area contributed by atoms with Crippen LogP contribution in [0.15, 0.2) is 73.1 Å². The van der Waals surface area contributed by atoms with E-state index in [9.17, 15) is 9.59 Å². The summed E-state index contributed by atoms with van der Waals surface area (Å²) in [7, 11) is 0. The van der Waals surface area contributed by atoms with E-state index in [2.05, 4.69) is 25.5 Å². The fourth-order valence-corrected chi connectivity index (χ4v) is 4.95. The largest absolute Gasteiger partial charge is 0.457 e. The minimum absolute atomic E-state index is 0.00676. The summed E-state index contributed by atoms with van der Waals surface area (Å²) in [6.07, 6.45) is 3.36. The summed E-state index contributed by atoms with van der Waals surface area (Å²) in [5, 5.41) is 15.5. The average molecular weight is 498 g/mol. The van der Waals surface area contributed by atoms with Crippen molar-refractivity contribution < 1.29 is 14.3 Å². The van der Waals surface area contributed by atoms with Crippen LogP contribution in [0.5, 0.6) is 11.5 Å². The second-order valence-corrected chi connectivity index (χ2v) is 9.41. The molecule has 188 valence electrons. The molecule has 37 heavy (non-hydrogen) atoms. The molecular formula is C27H27N7O3. The van der Waals surface area contributed by atoms with Gasteiger partial charge in [-0.2, -0.15) is 4.52 Å². The molecule has 1 atom stereocenters. The zero-order valence-electron chi connectivity index (χ0n) is 20.2.